The van der Waals surface area contributed by atoms with E-state index in [1.807, 2.05) is 24.3 Å². The number of hydrogen-bond donors (Lipinski definition) is 2. The summed E-state index contributed by atoms with van der Waals surface area (Å²) in [5, 5.41) is 5.05. The lowest BCUT2D eigenvalue weighted by Gasteiger charge is -2.13. The molecule has 9 heteroatoms. The van der Waals surface area contributed by atoms with Crippen LogP contribution < -0.4 is 10.6 Å². The van der Waals surface area contributed by atoms with Gasteiger partial charge in [-0.25, -0.2) is 18.2 Å². The molecule has 2 aromatic rings. The fourth-order valence-electron chi connectivity index (χ4n) is 2.16. The molecule has 0 spiro atoms. The quantitative estimate of drug-likeness (QED) is 0.813. The van der Waals surface area contributed by atoms with E-state index < -0.39 is 27.3 Å². The first-order valence-corrected chi connectivity index (χ1v) is 9.28. The Morgan fingerprint density at radius 2 is 2.10 bits per heavy atom. The van der Waals surface area contributed by atoms with Crippen molar-refractivity contribution in [3.05, 3.63) is 24.3 Å². The van der Waals surface area contributed by atoms with Crippen molar-refractivity contribution in [3.63, 3.8) is 0 Å². The smallest absolute Gasteiger partial charge is 0.321 e. The third-order valence-corrected chi connectivity index (χ3v) is 6.44. The number of nitrogens with zero attached hydrogens (tertiary/aromatic N) is 1. The number of rotatable bonds is 2. The number of para-hydroxylation sites is 1. The van der Waals surface area contributed by atoms with Crippen LogP contribution in [0.15, 0.2) is 24.3 Å². The van der Waals surface area contributed by atoms with Gasteiger partial charge in [-0.15, -0.1) is 11.6 Å². The molecule has 1 fully saturated rings. The number of aromatic nitrogens is 1. The molecular formula is C12H12ClN3O3S2. The van der Waals surface area contributed by atoms with E-state index >= 15 is 0 Å². The van der Waals surface area contributed by atoms with E-state index in [0.717, 1.165) is 10.2 Å². The Morgan fingerprint density at radius 1 is 1.33 bits per heavy atom. The van der Waals surface area contributed by atoms with Crippen LogP contribution >= 0.6 is 22.9 Å². The molecule has 0 aliphatic carbocycles. The van der Waals surface area contributed by atoms with Crippen LogP contribution in [0.4, 0.5) is 9.93 Å². The van der Waals surface area contributed by atoms with Crippen molar-refractivity contribution in [1.82, 2.24) is 10.3 Å². The highest BCUT2D eigenvalue weighted by Crippen LogP contribution is 2.25. The monoisotopic (exact) mass is 345 g/mol. The molecule has 0 unspecified atom stereocenters. The molecule has 2 N–H and O–H groups in total. The Hall–Kier alpha value is -1.38. The third kappa shape index (κ3) is 3.28. The number of nitrogens with one attached hydrogen (secondary N) is 2. The van der Waals surface area contributed by atoms with Gasteiger partial charge in [0.15, 0.2) is 15.0 Å². The summed E-state index contributed by atoms with van der Waals surface area (Å²) in [5.74, 6) is -0.241. The largest absolute Gasteiger partial charge is 0.333 e. The molecule has 1 aromatic heterocycles. The highest BCUT2D eigenvalue weighted by Gasteiger charge is 2.37. The number of alkyl halides is 1. The van der Waals surface area contributed by atoms with Crippen molar-refractivity contribution in [2.75, 3.05) is 16.8 Å². The molecule has 3 rings (SSSR count). The third-order valence-electron chi connectivity index (χ3n) is 3.11. The molecule has 2 atom stereocenters. The van der Waals surface area contributed by atoms with Crippen molar-refractivity contribution in [1.29, 1.82) is 0 Å². The Bertz CT molecular complexity index is 757. The molecule has 2 heterocycles. The second-order valence-electron chi connectivity index (χ2n) is 4.78. The maximum Gasteiger partial charge on any atom is 0.321 e. The molecule has 1 saturated heterocycles. The zero-order valence-electron chi connectivity index (χ0n) is 10.7. The van der Waals surface area contributed by atoms with Crippen molar-refractivity contribution < 1.29 is 13.2 Å². The van der Waals surface area contributed by atoms with Gasteiger partial charge in [0.25, 0.3) is 0 Å². The number of carbonyl (C=O) groups excluding carboxylic acids is 1. The van der Waals surface area contributed by atoms with Gasteiger partial charge < -0.3 is 5.32 Å². The van der Waals surface area contributed by atoms with Gasteiger partial charge in [0, 0.05) is 0 Å². The standard InChI is InChI=1S/C12H12ClN3O3S2/c13-7-5-21(18,19)6-9(7)14-11(17)16-12-15-8-3-1-2-4-10(8)20-12/h1-4,7,9H,5-6H2,(H2,14,15,16,17)/t7-,9-/m0/s1. The van der Waals surface area contributed by atoms with Gasteiger partial charge in [-0.05, 0) is 12.1 Å². The van der Waals surface area contributed by atoms with Crippen LogP contribution in [-0.4, -0.2) is 42.4 Å². The Morgan fingerprint density at radius 3 is 2.76 bits per heavy atom. The van der Waals surface area contributed by atoms with Crippen LogP contribution in [0, 0.1) is 0 Å². The summed E-state index contributed by atoms with van der Waals surface area (Å²) in [6, 6.07) is 6.45. The summed E-state index contributed by atoms with van der Waals surface area (Å²) >= 11 is 7.29. The summed E-state index contributed by atoms with van der Waals surface area (Å²) in [7, 11) is -3.17. The van der Waals surface area contributed by atoms with Crippen LogP contribution in [-0.2, 0) is 9.84 Å². The molecule has 0 saturated carbocycles. The number of fused-ring (bicyclic) bond motifs is 1. The predicted octanol–water partition coefficient (Wildman–Crippen LogP) is 1.82. The van der Waals surface area contributed by atoms with Crippen LogP contribution in [0.5, 0.6) is 0 Å². The maximum absolute atomic E-state index is 11.9. The number of thiazole rings is 1. The van der Waals surface area contributed by atoms with Crippen LogP contribution in [0.2, 0.25) is 0 Å². The van der Waals surface area contributed by atoms with Crippen molar-refractivity contribution in [3.8, 4) is 0 Å². The van der Waals surface area contributed by atoms with Gasteiger partial charge in [-0.3, -0.25) is 5.32 Å². The van der Waals surface area contributed by atoms with Gasteiger partial charge in [0.05, 0.1) is 33.1 Å². The lowest BCUT2D eigenvalue weighted by molar-refractivity contribution is 0.249. The molecule has 2 amide bonds. The predicted molar refractivity (Wildman–Crippen MR) is 83.9 cm³/mol. The second kappa shape index (κ2) is 5.43. The molecule has 1 aliphatic heterocycles. The molecule has 1 aromatic carbocycles. The average Bonchev–Trinajstić information content (AvgIpc) is 2.89. The average molecular weight is 346 g/mol. The lowest BCUT2D eigenvalue weighted by Crippen LogP contribution is -2.42. The molecule has 6 nitrogen and oxygen atoms in total. The van der Waals surface area contributed by atoms with Crippen LogP contribution in [0.1, 0.15) is 0 Å². The first-order chi connectivity index (χ1) is 9.93. The van der Waals surface area contributed by atoms with Crippen molar-refractivity contribution in [2.24, 2.45) is 0 Å². The number of sulfone groups is 1. The Kier molecular flexibility index (Phi) is 3.76. The molecular weight excluding hydrogens is 334 g/mol. The second-order valence-corrected chi connectivity index (χ2v) is 8.53. The van der Waals surface area contributed by atoms with E-state index in [0.29, 0.717) is 5.13 Å². The van der Waals surface area contributed by atoms with Gasteiger partial charge in [-0.2, -0.15) is 0 Å². The van der Waals surface area contributed by atoms with Crippen molar-refractivity contribution in [2.45, 2.75) is 11.4 Å². The van der Waals surface area contributed by atoms with E-state index in [9.17, 15) is 13.2 Å². The minimum absolute atomic E-state index is 0.110. The van der Waals surface area contributed by atoms with Gasteiger partial charge in [-0.1, -0.05) is 23.5 Å². The van der Waals surface area contributed by atoms with Gasteiger partial charge >= 0.3 is 6.03 Å². The first kappa shape index (κ1) is 14.6. The number of amides is 2. The van der Waals surface area contributed by atoms with E-state index in [1.165, 1.54) is 11.3 Å². The topological polar surface area (TPSA) is 88.2 Å². The SMILES string of the molecule is O=C(Nc1nc2ccccc2s1)N[C@H]1CS(=O)(=O)C[C@@H]1Cl. The molecule has 1 aliphatic rings. The Balaban J connectivity index is 1.66. The number of carbonyl (C=O) groups is 1. The minimum Gasteiger partial charge on any atom is -0.333 e. The summed E-state index contributed by atoms with van der Waals surface area (Å²) in [6.45, 7) is 0. The summed E-state index contributed by atoms with van der Waals surface area (Å²) in [5.41, 5.74) is 0.802. The zero-order valence-corrected chi connectivity index (χ0v) is 13.1. The Labute approximate surface area is 130 Å². The normalized spacial score (nSPS) is 24.0. The lowest BCUT2D eigenvalue weighted by atomic mass is 10.2. The fourth-order valence-corrected chi connectivity index (χ4v) is 5.57. The van der Waals surface area contributed by atoms with Gasteiger partial charge in [0.1, 0.15) is 0 Å². The highest BCUT2D eigenvalue weighted by atomic mass is 35.5. The number of halogens is 1. The number of anilines is 1. The van der Waals surface area contributed by atoms with E-state index in [2.05, 4.69) is 15.6 Å². The maximum atomic E-state index is 11.9. The molecule has 0 radical (unpaired) electrons. The summed E-state index contributed by atoms with van der Waals surface area (Å²) in [4.78, 5) is 16.2. The first-order valence-electron chi connectivity index (χ1n) is 6.20. The zero-order chi connectivity index (χ0) is 15.0. The summed E-state index contributed by atoms with van der Waals surface area (Å²) < 4.78 is 23.8. The van der Waals surface area contributed by atoms with E-state index in [1.54, 1.807) is 0 Å². The van der Waals surface area contributed by atoms with Crippen molar-refractivity contribution >= 4 is 54.2 Å². The van der Waals surface area contributed by atoms with E-state index in [4.69, 9.17) is 11.6 Å². The number of benzene rings is 1. The number of urea groups is 1. The van der Waals surface area contributed by atoms with Crippen LogP contribution in [0.3, 0.4) is 0 Å². The molecule has 0 bridgehead atoms. The summed E-state index contributed by atoms with van der Waals surface area (Å²) in [6.07, 6.45) is 0. The van der Waals surface area contributed by atoms with Gasteiger partial charge in [0.2, 0.25) is 0 Å². The van der Waals surface area contributed by atoms with Crippen LogP contribution in [0.25, 0.3) is 10.2 Å². The van der Waals surface area contributed by atoms with E-state index in [-0.39, 0.29) is 11.5 Å². The highest BCUT2D eigenvalue weighted by molar-refractivity contribution is 7.91. The number of hydrogen-bond acceptors (Lipinski definition) is 5. The fraction of sp³-hybridized carbons (Fsp3) is 0.333. The molecule has 112 valence electrons. The minimum atomic E-state index is -3.17. The molecule has 21 heavy (non-hydrogen) atoms.